The second-order valence-corrected chi connectivity index (χ2v) is 48.3. The zero-order chi connectivity index (χ0) is 106. The maximum absolute atomic E-state index is 12.6. The number of hydrogen-bond acceptors (Lipinski definition) is 13. The van der Waals surface area contributed by atoms with E-state index in [1.165, 1.54) is 76.3 Å². The van der Waals surface area contributed by atoms with Crippen molar-refractivity contribution >= 4 is 99.1 Å². The number of benzene rings is 16. The number of carboxylic acid groups (broad SMARTS) is 3. The second kappa shape index (κ2) is 54.8. The van der Waals surface area contributed by atoms with Crippen molar-refractivity contribution < 1.29 is 75.2 Å². The summed E-state index contributed by atoms with van der Waals surface area (Å²) >= 11 is 0. The summed E-state index contributed by atoms with van der Waals surface area (Å²) in [5, 5.41) is 41.9. The van der Waals surface area contributed by atoms with Crippen LogP contribution >= 0.6 is 0 Å². The molecule has 16 aromatic rings. The van der Waals surface area contributed by atoms with Crippen LogP contribution < -0.4 is 20.1 Å². The van der Waals surface area contributed by atoms with Crippen molar-refractivity contribution in [3.8, 4) is 5.75 Å². The molecule has 16 aromatic carbocycles. The summed E-state index contributed by atoms with van der Waals surface area (Å²) in [6.07, 6.45) is 0.322. The zero-order valence-corrected chi connectivity index (χ0v) is 89.0. The standard InChI is InChI=1S/C26H31S.C22H23OS.C19H18O5S.2C18H15S.C11H14O2.C7H12O2.C4H5F3O3/c1-25(2,3)20-12-16-23(17-13-20)27(22-10-8-7-9-11-22)24-18-14-21(15-19-24)26(4,5)6;1-22(2,3)23-18-14-16-21(17-15-18)24(19-10-6-4-7-11-19)20-12-8-5-9-13-20;20-19(24-11-5-6-12-25(21,22)23)18-16-9-3-1-7-14(16)13-15-8-2-4-10-17(15)18;2*1-4-10-16(11-5-1)19(17-12-6-2-7-13-17)18-14-8-3-9-15-18;1-11(2,3)9-6-4-8(5-7-9)10(12)13;8-7(9)6-4-2-1-3-5-6;1-3(10,2(8)9)4(5,6)7/h7-19H,1-6H3;4-17H,1-3H3;1-4,7-10,13H,5-6,11-12H2,(H,21,22,23);2*1-15H;4-7H,1-3H3,(H,12,13);6H,1-5H2,(H,8,9);10H,1H3,(H,8,9)/q2*+1;;2*+1;;;/p-4. The van der Waals surface area contributed by atoms with E-state index >= 15 is 0 Å². The Balaban J connectivity index is 0.000000175. The van der Waals surface area contributed by atoms with Crippen LogP contribution in [0.3, 0.4) is 0 Å². The Labute approximate surface area is 871 Å². The first kappa shape index (κ1) is 115. The van der Waals surface area contributed by atoms with Crippen molar-refractivity contribution in [2.45, 2.75) is 227 Å². The van der Waals surface area contributed by atoms with E-state index in [0.29, 0.717) is 12.0 Å². The van der Waals surface area contributed by atoms with Gasteiger partial charge in [0.2, 0.25) is 0 Å². The van der Waals surface area contributed by atoms with Gasteiger partial charge in [0.1, 0.15) is 11.4 Å². The lowest BCUT2D eigenvalue weighted by Crippen LogP contribution is -2.56. The van der Waals surface area contributed by atoms with Crippen LogP contribution in [0.2, 0.25) is 0 Å². The van der Waals surface area contributed by atoms with Gasteiger partial charge in [-0.2, -0.15) is 13.2 Å². The van der Waals surface area contributed by atoms with E-state index in [0.717, 1.165) is 58.5 Å². The molecule has 1 aliphatic rings. The first-order chi connectivity index (χ1) is 69.4. The quantitative estimate of drug-likeness (QED) is 0.0219. The van der Waals surface area contributed by atoms with Gasteiger partial charge in [-0.3, -0.25) is 0 Å². The number of halogens is 3. The molecule has 1 saturated carbocycles. The molecule has 0 aliphatic heterocycles. The average Bonchev–Trinajstić information content (AvgIpc) is 0.762. The Morgan fingerprint density at radius 1 is 0.342 bits per heavy atom. The Hall–Kier alpha value is -13.2. The van der Waals surface area contributed by atoms with Crippen molar-refractivity contribution in [3.63, 3.8) is 0 Å². The Kier molecular flexibility index (Phi) is 43.1. The van der Waals surface area contributed by atoms with Gasteiger partial charge in [0.05, 0.1) is 77.8 Å². The predicted octanol–water partition coefficient (Wildman–Crippen LogP) is 27.1. The van der Waals surface area contributed by atoms with Gasteiger partial charge in [-0.15, -0.1) is 0 Å². The van der Waals surface area contributed by atoms with Crippen LogP contribution in [0.25, 0.3) is 21.5 Å². The molecule has 1 atom stereocenters. The largest absolute Gasteiger partial charge is 0.748 e. The molecule has 1 fully saturated rings. The lowest BCUT2D eigenvalue weighted by molar-refractivity contribution is -0.351. The monoisotopic (exact) mass is 2050 g/mol. The number of aliphatic carboxylic acids is 2. The van der Waals surface area contributed by atoms with Gasteiger partial charge in [0.25, 0.3) is 0 Å². The van der Waals surface area contributed by atoms with E-state index in [1.807, 2.05) is 66.7 Å². The van der Waals surface area contributed by atoms with Crippen LogP contribution in [0.15, 0.2) is 483 Å². The maximum atomic E-state index is 12.6. The Morgan fingerprint density at radius 3 is 0.822 bits per heavy atom. The first-order valence-corrected chi connectivity index (χ1v) is 54.9. The number of carbonyl (C=O) groups excluding carboxylic acids is 4. The molecule has 21 heteroatoms. The van der Waals surface area contributed by atoms with E-state index in [1.54, 1.807) is 12.1 Å². The lowest BCUT2D eigenvalue weighted by Gasteiger charge is -2.26. The van der Waals surface area contributed by atoms with Crippen LogP contribution in [0.4, 0.5) is 13.2 Å². The van der Waals surface area contributed by atoms with Crippen LogP contribution in [0.5, 0.6) is 5.75 Å². The van der Waals surface area contributed by atoms with Crippen LogP contribution in [-0.2, 0) is 84.3 Å². The molecule has 0 heterocycles. The fourth-order valence-corrected chi connectivity index (χ4v) is 24.1. The number of alkyl halides is 3. The van der Waals surface area contributed by atoms with E-state index in [-0.39, 0.29) is 96.9 Å². The minimum atomic E-state index is -5.19. The fourth-order valence-electron chi connectivity index (χ4n) is 15.2. The van der Waals surface area contributed by atoms with Gasteiger partial charge >= 0.3 is 12.1 Å². The number of esters is 1. The molecule has 1 aliphatic carbocycles. The SMILES string of the molecule is CC(C)(C)Oc1ccc([S+](c2ccccc2)c2ccccc2)cc1.CC(C)(C)c1ccc(C(=O)[O-])cc1.CC(C)(C)c1ccc([S+](c2ccccc2)c2ccc(C(C)(C)C)cc2)cc1.CC(O)(C(=O)[O-])C(F)(F)F.O=C(OCCCCS(=O)(=O)[O-])c1c2ccccc2cc2ccccc12.O=C([O-])C1CCCCC1.c1ccc([S+](c2ccccc2)c2ccccc2)cc1.c1ccc([S+](c2ccccc2)c2ccccc2)cc1. The number of aromatic carboxylic acids is 1. The number of aliphatic hydroxyl groups is 1. The van der Waals surface area contributed by atoms with Gasteiger partial charge in [-0.05, 0) is 283 Å². The summed E-state index contributed by atoms with van der Waals surface area (Å²) in [7, 11) is -4.44. The molecular formula is C125H129F3O13S5. The highest BCUT2D eigenvalue weighted by atomic mass is 32.2. The van der Waals surface area contributed by atoms with E-state index in [9.17, 15) is 60.6 Å². The third-order valence-corrected chi connectivity index (χ3v) is 32.8. The van der Waals surface area contributed by atoms with Crippen LogP contribution in [0, 0.1) is 5.92 Å². The highest BCUT2D eigenvalue weighted by Gasteiger charge is 2.51. The number of rotatable bonds is 22. The van der Waals surface area contributed by atoms with Crippen molar-refractivity contribution in [2.24, 2.45) is 5.92 Å². The highest BCUT2D eigenvalue weighted by molar-refractivity contribution is 7.98. The summed E-state index contributed by atoms with van der Waals surface area (Å²) < 4.78 is 77.3. The number of carbonyl (C=O) groups is 4. The van der Waals surface area contributed by atoms with Gasteiger partial charge in [0, 0.05) is 11.7 Å². The number of ether oxygens (including phenoxy) is 2. The number of carboxylic acids is 3. The molecule has 0 bridgehead atoms. The van der Waals surface area contributed by atoms with Crippen molar-refractivity contribution in [1.29, 1.82) is 0 Å². The molecular weight excluding hydrogens is 1930 g/mol. The summed E-state index contributed by atoms with van der Waals surface area (Å²) in [5.74, 6) is -4.65. The summed E-state index contributed by atoms with van der Waals surface area (Å²) in [4.78, 5) is 59.1. The molecule has 0 spiro atoms. The maximum Gasteiger partial charge on any atom is 0.422 e. The molecule has 1 unspecified atom stereocenters. The second-order valence-electron chi connectivity index (χ2n) is 38.7. The Bertz CT molecular complexity index is 6340. The minimum Gasteiger partial charge on any atom is -0.748 e. The smallest absolute Gasteiger partial charge is 0.422 e. The van der Waals surface area contributed by atoms with Crippen LogP contribution in [0.1, 0.15) is 172 Å². The topological polar surface area (TPSA) is 233 Å². The zero-order valence-electron chi connectivity index (χ0n) is 84.9. The molecule has 13 nitrogen and oxygen atoms in total. The average molecular weight is 2060 g/mol. The molecule has 1 N–H and O–H groups in total. The number of hydrogen-bond donors (Lipinski definition) is 1. The first-order valence-electron chi connectivity index (χ1n) is 48.4. The number of unbranched alkanes of at least 4 members (excludes halogenated alkanes) is 1. The predicted molar refractivity (Wildman–Crippen MR) is 582 cm³/mol. The molecule has 146 heavy (non-hydrogen) atoms. The van der Waals surface area contributed by atoms with Gasteiger partial charge < -0.3 is 48.8 Å². The van der Waals surface area contributed by atoms with E-state index < -0.39 is 51.5 Å². The third-order valence-electron chi connectivity index (χ3n) is 23.1. The summed E-state index contributed by atoms with van der Waals surface area (Å²) in [6, 6.07) is 148. The number of fused-ring (bicyclic) bond motifs is 2. The minimum absolute atomic E-state index is 0.0146. The Morgan fingerprint density at radius 2 is 0.596 bits per heavy atom. The lowest BCUT2D eigenvalue weighted by atomic mass is 9.87. The van der Waals surface area contributed by atoms with Crippen molar-refractivity contribution in [1.82, 2.24) is 0 Å². The molecule has 758 valence electrons. The molecule has 0 amide bonds. The third kappa shape index (κ3) is 35.9. The molecule has 0 aromatic heterocycles. The van der Waals surface area contributed by atoms with E-state index in [2.05, 4.69) is 429 Å². The molecule has 0 radical (unpaired) electrons. The normalized spacial score (nSPS) is 12.5. The van der Waals surface area contributed by atoms with Crippen molar-refractivity contribution in [3.05, 3.63) is 452 Å². The van der Waals surface area contributed by atoms with Gasteiger partial charge in [-0.25, -0.2) is 13.2 Å². The van der Waals surface area contributed by atoms with E-state index in [4.69, 9.17) is 14.6 Å². The molecule has 0 saturated heterocycles. The summed E-state index contributed by atoms with van der Waals surface area (Å²) in [6.45, 7) is 26.3. The van der Waals surface area contributed by atoms with Gasteiger partial charge in [-0.1, -0.05) is 342 Å². The highest BCUT2D eigenvalue weighted by Crippen LogP contribution is 2.40. The van der Waals surface area contributed by atoms with Crippen molar-refractivity contribution in [2.75, 3.05) is 12.4 Å². The van der Waals surface area contributed by atoms with Gasteiger partial charge in [0.15, 0.2) is 64.3 Å². The fraction of sp³-hybridized carbons (Fsp3) is 0.232. The van der Waals surface area contributed by atoms with Crippen LogP contribution in [-0.4, -0.2) is 71.7 Å². The molecule has 17 rings (SSSR count). The summed E-state index contributed by atoms with van der Waals surface area (Å²) in [5.41, 5.74) is 1.10.